The first-order valence-corrected chi connectivity index (χ1v) is 6.77. The molecule has 1 aromatic rings. The number of thioether (sulfide) groups is 1. The van der Waals surface area contributed by atoms with Crippen LogP contribution in [0.1, 0.15) is 32.5 Å². The number of rotatable bonds is 7. The SMILES string of the molecule is CCCCc1nc(SCC(C)C(=O)OC)n[nH]1. The lowest BCUT2D eigenvalue weighted by molar-refractivity contribution is -0.143. The fourth-order valence-corrected chi connectivity index (χ4v) is 2.09. The zero-order valence-corrected chi connectivity index (χ0v) is 11.3. The monoisotopic (exact) mass is 257 g/mol. The largest absolute Gasteiger partial charge is 0.469 e. The third-order valence-corrected chi connectivity index (χ3v) is 3.45. The predicted molar refractivity (Wildman–Crippen MR) is 66.9 cm³/mol. The van der Waals surface area contributed by atoms with E-state index < -0.39 is 0 Å². The molecule has 6 heteroatoms. The van der Waals surface area contributed by atoms with Gasteiger partial charge in [-0.25, -0.2) is 4.98 Å². The number of hydrogen-bond acceptors (Lipinski definition) is 5. The van der Waals surface area contributed by atoms with Crippen LogP contribution in [0.25, 0.3) is 0 Å². The molecule has 0 spiro atoms. The van der Waals surface area contributed by atoms with Gasteiger partial charge in [0.15, 0.2) is 0 Å². The summed E-state index contributed by atoms with van der Waals surface area (Å²) in [7, 11) is 1.40. The molecule has 0 bridgehead atoms. The van der Waals surface area contributed by atoms with Gasteiger partial charge in [-0.3, -0.25) is 9.89 Å². The minimum absolute atomic E-state index is 0.136. The second-order valence-corrected chi connectivity index (χ2v) is 4.89. The summed E-state index contributed by atoms with van der Waals surface area (Å²) < 4.78 is 4.66. The molecule has 1 rings (SSSR count). The quantitative estimate of drug-likeness (QED) is 0.598. The zero-order chi connectivity index (χ0) is 12.7. The molecular formula is C11H19N3O2S. The highest BCUT2D eigenvalue weighted by Crippen LogP contribution is 2.17. The number of aryl methyl sites for hydroxylation is 1. The van der Waals surface area contributed by atoms with E-state index in [-0.39, 0.29) is 11.9 Å². The Hall–Kier alpha value is -1.04. The average molecular weight is 257 g/mol. The molecule has 0 fully saturated rings. The molecule has 17 heavy (non-hydrogen) atoms. The van der Waals surface area contributed by atoms with Crippen molar-refractivity contribution < 1.29 is 9.53 Å². The van der Waals surface area contributed by atoms with E-state index in [1.807, 2.05) is 6.92 Å². The normalized spacial score (nSPS) is 12.4. The van der Waals surface area contributed by atoms with E-state index in [2.05, 4.69) is 26.8 Å². The molecule has 0 aliphatic rings. The highest BCUT2D eigenvalue weighted by Gasteiger charge is 2.14. The average Bonchev–Trinajstić information content (AvgIpc) is 2.80. The van der Waals surface area contributed by atoms with Crippen molar-refractivity contribution in [2.45, 2.75) is 38.3 Å². The van der Waals surface area contributed by atoms with Crippen molar-refractivity contribution in [1.82, 2.24) is 15.2 Å². The minimum atomic E-state index is -0.195. The third-order valence-electron chi connectivity index (χ3n) is 2.34. The first-order valence-electron chi connectivity index (χ1n) is 5.79. The van der Waals surface area contributed by atoms with Crippen molar-refractivity contribution in [1.29, 1.82) is 0 Å². The number of unbranched alkanes of at least 4 members (excludes halogenated alkanes) is 1. The van der Waals surface area contributed by atoms with Crippen molar-refractivity contribution in [3.63, 3.8) is 0 Å². The summed E-state index contributed by atoms with van der Waals surface area (Å²) in [4.78, 5) is 15.5. The lowest BCUT2D eigenvalue weighted by atomic mass is 10.2. The summed E-state index contributed by atoms with van der Waals surface area (Å²) in [5.41, 5.74) is 0. The van der Waals surface area contributed by atoms with Gasteiger partial charge in [-0.15, -0.1) is 5.10 Å². The number of nitrogens with zero attached hydrogens (tertiary/aromatic N) is 2. The van der Waals surface area contributed by atoms with E-state index in [1.165, 1.54) is 18.9 Å². The zero-order valence-electron chi connectivity index (χ0n) is 10.5. The van der Waals surface area contributed by atoms with E-state index in [0.29, 0.717) is 10.9 Å². The molecule has 96 valence electrons. The minimum Gasteiger partial charge on any atom is -0.469 e. The van der Waals surface area contributed by atoms with Gasteiger partial charge in [-0.2, -0.15) is 0 Å². The molecule has 5 nitrogen and oxygen atoms in total. The second kappa shape index (κ2) is 7.32. The van der Waals surface area contributed by atoms with Gasteiger partial charge in [0.1, 0.15) is 5.82 Å². The van der Waals surface area contributed by atoms with E-state index in [9.17, 15) is 4.79 Å². The summed E-state index contributed by atoms with van der Waals surface area (Å²) >= 11 is 1.47. The van der Waals surface area contributed by atoms with Crippen LogP contribution in [0, 0.1) is 5.92 Å². The van der Waals surface area contributed by atoms with Gasteiger partial charge in [0.2, 0.25) is 5.16 Å². The van der Waals surface area contributed by atoms with Crippen LogP contribution in [0.3, 0.4) is 0 Å². The van der Waals surface area contributed by atoms with Crippen LogP contribution < -0.4 is 0 Å². The Kier molecular flexibility index (Phi) is 6.04. The van der Waals surface area contributed by atoms with Gasteiger partial charge in [-0.1, -0.05) is 32.0 Å². The van der Waals surface area contributed by atoms with Crippen LogP contribution in [0.5, 0.6) is 0 Å². The number of esters is 1. The Morgan fingerprint density at radius 2 is 2.35 bits per heavy atom. The lowest BCUT2D eigenvalue weighted by Crippen LogP contribution is -2.14. The van der Waals surface area contributed by atoms with Crippen molar-refractivity contribution >= 4 is 17.7 Å². The maximum Gasteiger partial charge on any atom is 0.309 e. The molecule has 0 radical (unpaired) electrons. The Morgan fingerprint density at radius 1 is 1.59 bits per heavy atom. The maximum atomic E-state index is 11.2. The molecule has 0 aliphatic heterocycles. The first kappa shape index (κ1) is 14.0. The Morgan fingerprint density at radius 3 is 3.00 bits per heavy atom. The number of aromatic amines is 1. The van der Waals surface area contributed by atoms with Crippen molar-refractivity contribution in [2.75, 3.05) is 12.9 Å². The molecule has 0 amide bonds. The van der Waals surface area contributed by atoms with Crippen LogP contribution >= 0.6 is 11.8 Å². The molecular weight excluding hydrogens is 238 g/mol. The highest BCUT2D eigenvalue weighted by molar-refractivity contribution is 7.99. The number of nitrogens with one attached hydrogen (secondary N) is 1. The fraction of sp³-hybridized carbons (Fsp3) is 0.727. The molecule has 1 heterocycles. The number of methoxy groups -OCH3 is 1. The smallest absolute Gasteiger partial charge is 0.309 e. The number of H-pyrrole nitrogens is 1. The van der Waals surface area contributed by atoms with Crippen LogP contribution in [0.4, 0.5) is 0 Å². The summed E-state index contributed by atoms with van der Waals surface area (Å²) in [5, 5.41) is 7.71. The molecule has 0 aliphatic carbocycles. The van der Waals surface area contributed by atoms with Crippen molar-refractivity contribution in [3.8, 4) is 0 Å². The number of carbonyl (C=O) groups is 1. The third kappa shape index (κ3) is 4.77. The van der Waals surface area contributed by atoms with Crippen LogP contribution in [-0.4, -0.2) is 34.0 Å². The van der Waals surface area contributed by atoms with E-state index in [1.54, 1.807) is 0 Å². The highest BCUT2D eigenvalue weighted by atomic mass is 32.2. The van der Waals surface area contributed by atoms with E-state index in [4.69, 9.17) is 0 Å². The number of hydrogen-bond donors (Lipinski definition) is 1. The second-order valence-electron chi connectivity index (χ2n) is 3.90. The predicted octanol–water partition coefficient (Wildman–Crippen LogP) is 2.05. The lowest BCUT2D eigenvalue weighted by Gasteiger charge is -2.05. The standard InChI is InChI=1S/C11H19N3O2S/c1-4-5-6-9-12-11(14-13-9)17-7-8(2)10(15)16-3/h8H,4-7H2,1-3H3,(H,12,13,14). The molecule has 0 saturated carbocycles. The van der Waals surface area contributed by atoms with Crippen LogP contribution in [-0.2, 0) is 16.0 Å². The van der Waals surface area contributed by atoms with E-state index in [0.717, 1.165) is 25.1 Å². The van der Waals surface area contributed by atoms with Crippen molar-refractivity contribution in [3.05, 3.63) is 5.82 Å². The molecule has 0 saturated heterocycles. The summed E-state index contributed by atoms with van der Waals surface area (Å²) in [6, 6.07) is 0. The van der Waals surface area contributed by atoms with Crippen molar-refractivity contribution in [2.24, 2.45) is 5.92 Å². The molecule has 1 atom stereocenters. The summed E-state index contributed by atoms with van der Waals surface area (Å²) in [6.07, 6.45) is 3.18. The number of ether oxygens (including phenoxy) is 1. The molecule has 0 aromatic carbocycles. The van der Waals surface area contributed by atoms with Gasteiger partial charge >= 0.3 is 5.97 Å². The van der Waals surface area contributed by atoms with Crippen LogP contribution in [0.2, 0.25) is 0 Å². The van der Waals surface area contributed by atoms with Crippen LogP contribution in [0.15, 0.2) is 5.16 Å². The van der Waals surface area contributed by atoms with Gasteiger partial charge in [0, 0.05) is 12.2 Å². The van der Waals surface area contributed by atoms with Gasteiger partial charge in [-0.05, 0) is 6.42 Å². The summed E-state index contributed by atoms with van der Waals surface area (Å²) in [5.74, 6) is 1.22. The number of aromatic nitrogens is 3. The fourth-order valence-electron chi connectivity index (χ4n) is 1.27. The Labute approximate surface area is 106 Å². The maximum absolute atomic E-state index is 11.2. The first-order chi connectivity index (χ1) is 8.17. The summed E-state index contributed by atoms with van der Waals surface area (Å²) in [6.45, 7) is 3.98. The molecule has 1 aromatic heterocycles. The van der Waals surface area contributed by atoms with Gasteiger partial charge < -0.3 is 4.74 Å². The molecule has 1 unspecified atom stereocenters. The van der Waals surface area contributed by atoms with E-state index >= 15 is 0 Å². The van der Waals surface area contributed by atoms with Gasteiger partial charge in [0.25, 0.3) is 0 Å². The number of carbonyl (C=O) groups excluding carboxylic acids is 1. The molecule has 1 N–H and O–H groups in total. The Bertz CT molecular complexity index is 354. The van der Waals surface area contributed by atoms with Gasteiger partial charge in [0.05, 0.1) is 13.0 Å². The Balaban J connectivity index is 2.36. The topological polar surface area (TPSA) is 67.9 Å².